The molecular formula is C12H12FN3. The van der Waals surface area contributed by atoms with Gasteiger partial charge in [0.25, 0.3) is 0 Å². The second-order valence-corrected chi connectivity index (χ2v) is 3.52. The van der Waals surface area contributed by atoms with Crippen LogP contribution in [0.15, 0.2) is 30.3 Å². The number of nitrogens with one attached hydrogen (secondary N) is 1. The van der Waals surface area contributed by atoms with Crippen LogP contribution in [0.25, 0.3) is 0 Å². The van der Waals surface area contributed by atoms with Crippen LogP contribution >= 0.6 is 0 Å². The Morgan fingerprint density at radius 3 is 2.12 bits per heavy atom. The van der Waals surface area contributed by atoms with Crippen molar-refractivity contribution in [2.75, 3.05) is 5.32 Å². The lowest BCUT2D eigenvalue weighted by atomic mass is 10.3. The van der Waals surface area contributed by atoms with E-state index in [1.165, 1.54) is 0 Å². The van der Waals surface area contributed by atoms with Gasteiger partial charge in [0, 0.05) is 5.69 Å². The minimum atomic E-state index is -0.349. The molecule has 0 atom stereocenters. The predicted octanol–water partition coefficient (Wildman–Crippen LogP) is 2.98. The summed E-state index contributed by atoms with van der Waals surface area (Å²) in [5, 5.41) is 3.02. The van der Waals surface area contributed by atoms with Crippen LogP contribution in [-0.4, -0.2) is 9.97 Å². The highest BCUT2D eigenvalue weighted by Crippen LogP contribution is 2.15. The van der Waals surface area contributed by atoms with E-state index in [0.717, 1.165) is 5.69 Å². The Kier molecular flexibility index (Phi) is 2.81. The van der Waals surface area contributed by atoms with E-state index in [1.807, 2.05) is 30.3 Å². The SMILES string of the molecule is Cc1nc(Nc2ccccc2)nc(C)c1F. The maximum Gasteiger partial charge on any atom is 0.227 e. The second kappa shape index (κ2) is 4.26. The van der Waals surface area contributed by atoms with Crippen molar-refractivity contribution in [2.45, 2.75) is 13.8 Å². The minimum Gasteiger partial charge on any atom is -0.324 e. The lowest BCUT2D eigenvalue weighted by molar-refractivity contribution is 0.591. The number of hydrogen-bond donors (Lipinski definition) is 1. The van der Waals surface area contributed by atoms with E-state index in [4.69, 9.17) is 0 Å². The first-order valence-corrected chi connectivity index (χ1v) is 4.99. The van der Waals surface area contributed by atoms with Gasteiger partial charge in [-0.1, -0.05) is 18.2 Å². The molecule has 3 nitrogen and oxygen atoms in total. The molecule has 0 aliphatic heterocycles. The normalized spacial score (nSPS) is 10.2. The Morgan fingerprint density at radius 1 is 1.00 bits per heavy atom. The van der Waals surface area contributed by atoms with Gasteiger partial charge in [0.15, 0.2) is 5.82 Å². The summed E-state index contributed by atoms with van der Waals surface area (Å²) in [7, 11) is 0. The fourth-order valence-corrected chi connectivity index (χ4v) is 1.41. The van der Waals surface area contributed by atoms with Gasteiger partial charge in [0.1, 0.15) is 0 Å². The van der Waals surface area contributed by atoms with Gasteiger partial charge in [-0.25, -0.2) is 14.4 Å². The molecule has 0 saturated carbocycles. The standard InChI is InChI=1S/C12H12FN3/c1-8-11(13)9(2)15-12(14-8)16-10-6-4-3-5-7-10/h3-7H,1-2H3,(H,14,15,16). The van der Waals surface area contributed by atoms with Crippen molar-refractivity contribution in [1.29, 1.82) is 0 Å². The lowest BCUT2D eigenvalue weighted by Crippen LogP contribution is -2.03. The average molecular weight is 217 g/mol. The number of anilines is 2. The van der Waals surface area contributed by atoms with Gasteiger partial charge in [-0.05, 0) is 26.0 Å². The first-order valence-electron chi connectivity index (χ1n) is 4.99. The summed E-state index contributed by atoms with van der Waals surface area (Å²) in [6.07, 6.45) is 0. The summed E-state index contributed by atoms with van der Waals surface area (Å²) in [6.45, 7) is 3.25. The molecule has 1 aromatic carbocycles. The molecule has 0 bridgehead atoms. The average Bonchev–Trinajstić information content (AvgIpc) is 2.27. The van der Waals surface area contributed by atoms with Gasteiger partial charge in [-0.3, -0.25) is 0 Å². The number of aromatic nitrogens is 2. The van der Waals surface area contributed by atoms with E-state index in [1.54, 1.807) is 13.8 Å². The van der Waals surface area contributed by atoms with Crippen molar-refractivity contribution < 1.29 is 4.39 Å². The Balaban J connectivity index is 2.29. The van der Waals surface area contributed by atoms with Crippen molar-refractivity contribution in [2.24, 2.45) is 0 Å². The van der Waals surface area contributed by atoms with Gasteiger partial charge >= 0.3 is 0 Å². The number of para-hydroxylation sites is 1. The maximum atomic E-state index is 13.3. The smallest absolute Gasteiger partial charge is 0.227 e. The zero-order valence-corrected chi connectivity index (χ0v) is 9.16. The molecule has 0 fully saturated rings. The fourth-order valence-electron chi connectivity index (χ4n) is 1.41. The molecule has 0 spiro atoms. The highest BCUT2D eigenvalue weighted by atomic mass is 19.1. The molecule has 16 heavy (non-hydrogen) atoms. The van der Waals surface area contributed by atoms with Crippen LogP contribution in [0.4, 0.5) is 16.0 Å². The van der Waals surface area contributed by atoms with Crippen molar-refractivity contribution in [1.82, 2.24) is 9.97 Å². The minimum absolute atomic E-state index is 0.349. The predicted molar refractivity (Wildman–Crippen MR) is 61.2 cm³/mol. The van der Waals surface area contributed by atoms with Gasteiger partial charge in [-0.15, -0.1) is 0 Å². The Morgan fingerprint density at radius 2 is 1.56 bits per heavy atom. The van der Waals surface area contributed by atoms with E-state index in [-0.39, 0.29) is 5.82 Å². The summed E-state index contributed by atoms with van der Waals surface area (Å²) >= 11 is 0. The molecule has 0 saturated heterocycles. The van der Waals surface area contributed by atoms with Gasteiger partial charge in [-0.2, -0.15) is 0 Å². The molecule has 0 amide bonds. The topological polar surface area (TPSA) is 37.8 Å². The number of hydrogen-bond acceptors (Lipinski definition) is 3. The second-order valence-electron chi connectivity index (χ2n) is 3.52. The molecule has 1 heterocycles. The van der Waals surface area contributed by atoms with E-state index in [2.05, 4.69) is 15.3 Å². The third-order valence-corrected chi connectivity index (χ3v) is 2.21. The molecule has 0 radical (unpaired) electrons. The summed E-state index contributed by atoms with van der Waals surface area (Å²) in [5.74, 6) is 0.0706. The largest absolute Gasteiger partial charge is 0.324 e. The van der Waals surface area contributed by atoms with Crippen LogP contribution < -0.4 is 5.32 Å². The third kappa shape index (κ3) is 2.16. The molecule has 4 heteroatoms. The Bertz CT molecular complexity index is 474. The number of aryl methyl sites for hydroxylation is 2. The van der Waals surface area contributed by atoms with Crippen molar-refractivity contribution >= 4 is 11.6 Å². The maximum absolute atomic E-state index is 13.3. The fraction of sp³-hybridized carbons (Fsp3) is 0.167. The Labute approximate surface area is 93.4 Å². The third-order valence-electron chi connectivity index (χ3n) is 2.21. The molecule has 1 aromatic heterocycles. The first-order chi connectivity index (χ1) is 7.66. The number of rotatable bonds is 2. The monoisotopic (exact) mass is 217 g/mol. The van der Waals surface area contributed by atoms with Crippen LogP contribution in [0, 0.1) is 19.7 Å². The first kappa shape index (κ1) is 10.5. The van der Waals surface area contributed by atoms with E-state index in [9.17, 15) is 4.39 Å². The highest BCUT2D eigenvalue weighted by Gasteiger charge is 2.07. The number of halogens is 1. The molecule has 1 N–H and O–H groups in total. The highest BCUT2D eigenvalue weighted by molar-refractivity contribution is 5.52. The van der Waals surface area contributed by atoms with E-state index in [0.29, 0.717) is 17.3 Å². The number of nitrogens with zero attached hydrogens (tertiary/aromatic N) is 2. The molecule has 2 rings (SSSR count). The zero-order valence-electron chi connectivity index (χ0n) is 9.16. The van der Waals surface area contributed by atoms with Crippen molar-refractivity contribution in [3.8, 4) is 0 Å². The summed E-state index contributed by atoms with van der Waals surface area (Å²) < 4.78 is 13.3. The quantitative estimate of drug-likeness (QED) is 0.840. The summed E-state index contributed by atoms with van der Waals surface area (Å²) in [5.41, 5.74) is 1.59. The molecule has 0 aliphatic carbocycles. The molecule has 82 valence electrons. The number of benzene rings is 1. The molecular weight excluding hydrogens is 205 g/mol. The van der Waals surface area contributed by atoms with Crippen LogP contribution in [-0.2, 0) is 0 Å². The molecule has 2 aromatic rings. The van der Waals surface area contributed by atoms with Crippen LogP contribution in [0.2, 0.25) is 0 Å². The summed E-state index contributed by atoms with van der Waals surface area (Å²) in [4.78, 5) is 8.06. The Hall–Kier alpha value is -1.97. The van der Waals surface area contributed by atoms with Gasteiger partial charge < -0.3 is 5.32 Å². The van der Waals surface area contributed by atoms with Crippen molar-refractivity contribution in [3.63, 3.8) is 0 Å². The zero-order chi connectivity index (χ0) is 11.5. The van der Waals surface area contributed by atoms with Crippen LogP contribution in [0.3, 0.4) is 0 Å². The summed E-state index contributed by atoms with van der Waals surface area (Å²) in [6, 6.07) is 9.54. The van der Waals surface area contributed by atoms with Crippen LogP contribution in [0.1, 0.15) is 11.4 Å². The van der Waals surface area contributed by atoms with Crippen molar-refractivity contribution in [3.05, 3.63) is 47.5 Å². The van der Waals surface area contributed by atoms with E-state index < -0.39 is 0 Å². The van der Waals surface area contributed by atoms with Crippen LogP contribution in [0.5, 0.6) is 0 Å². The van der Waals surface area contributed by atoms with Gasteiger partial charge in [0.2, 0.25) is 5.95 Å². The molecule has 0 unspecified atom stereocenters. The lowest BCUT2D eigenvalue weighted by Gasteiger charge is -2.07. The molecule has 0 aliphatic rings. The van der Waals surface area contributed by atoms with Gasteiger partial charge in [0.05, 0.1) is 11.4 Å². The van der Waals surface area contributed by atoms with E-state index >= 15 is 0 Å².